The van der Waals surface area contributed by atoms with Crippen molar-refractivity contribution < 1.29 is 14.8 Å². The van der Waals surface area contributed by atoms with E-state index in [1.807, 2.05) is 6.92 Å². The Hall–Kier alpha value is -1.50. The normalized spacial score (nSPS) is 17.3. The maximum Gasteiger partial charge on any atom is 0.269 e. The van der Waals surface area contributed by atoms with Gasteiger partial charge in [0, 0.05) is 44.9 Å². The van der Waals surface area contributed by atoms with Gasteiger partial charge >= 0.3 is 0 Å². The summed E-state index contributed by atoms with van der Waals surface area (Å²) in [6.07, 6.45) is 0. The Kier molecular flexibility index (Phi) is 10.6. The fraction of sp³-hybridized carbons (Fsp3) is 0.611. The molecule has 0 amide bonds. The summed E-state index contributed by atoms with van der Waals surface area (Å²) in [6.45, 7) is 8.81. The molecule has 0 radical (unpaired) electrons. The monoisotopic (exact) mass is 507 g/mol. The third kappa shape index (κ3) is 8.67. The standard InChI is InChI=1S/C18H29N5O4.HI/c1-3-19-17(20-12-15-4-6-16(7-5-15)23(25)26)21-13-18(2,24)14-22-8-10-27-11-9-22;/h4-7,24H,3,8-14H2,1-2H3,(H2,19,20,21);1H. The molecule has 1 aromatic rings. The van der Waals surface area contributed by atoms with Crippen LogP contribution in [0.2, 0.25) is 0 Å². The van der Waals surface area contributed by atoms with Gasteiger partial charge in [-0.3, -0.25) is 15.0 Å². The minimum atomic E-state index is -0.902. The second-order valence-corrected chi connectivity index (χ2v) is 6.86. The van der Waals surface area contributed by atoms with Gasteiger partial charge in [0.1, 0.15) is 0 Å². The molecule has 10 heteroatoms. The van der Waals surface area contributed by atoms with Crippen LogP contribution in [-0.2, 0) is 11.3 Å². The molecule has 0 bridgehead atoms. The zero-order chi connectivity index (χ0) is 19.7. The van der Waals surface area contributed by atoms with Gasteiger partial charge in [0.05, 0.1) is 30.3 Å². The number of guanidine groups is 1. The van der Waals surface area contributed by atoms with Crippen LogP contribution in [0, 0.1) is 10.1 Å². The Bertz CT molecular complexity index is 633. The van der Waals surface area contributed by atoms with Crippen LogP contribution in [0.15, 0.2) is 29.3 Å². The number of nitro groups is 1. The average molecular weight is 507 g/mol. The SMILES string of the molecule is CCNC(=NCc1ccc([N+](=O)[O-])cc1)NCC(C)(O)CN1CCOCC1.I. The summed E-state index contributed by atoms with van der Waals surface area (Å²) in [5.74, 6) is 0.595. The first-order valence-electron chi connectivity index (χ1n) is 9.17. The molecule has 1 unspecified atom stereocenters. The molecule has 1 atom stereocenters. The molecule has 0 saturated carbocycles. The van der Waals surface area contributed by atoms with E-state index in [2.05, 4.69) is 20.5 Å². The van der Waals surface area contributed by atoms with Gasteiger partial charge in [0.25, 0.3) is 5.69 Å². The molecule has 9 nitrogen and oxygen atoms in total. The fourth-order valence-electron chi connectivity index (χ4n) is 2.81. The summed E-state index contributed by atoms with van der Waals surface area (Å²) in [4.78, 5) is 17.0. The largest absolute Gasteiger partial charge is 0.387 e. The van der Waals surface area contributed by atoms with E-state index in [4.69, 9.17) is 4.74 Å². The third-order valence-corrected chi connectivity index (χ3v) is 4.22. The summed E-state index contributed by atoms with van der Waals surface area (Å²) >= 11 is 0. The van der Waals surface area contributed by atoms with Gasteiger partial charge in [-0.1, -0.05) is 12.1 Å². The number of ether oxygens (including phenoxy) is 1. The predicted octanol–water partition coefficient (Wildman–Crippen LogP) is 1.35. The van der Waals surface area contributed by atoms with E-state index >= 15 is 0 Å². The van der Waals surface area contributed by atoms with Crippen LogP contribution >= 0.6 is 24.0 Å². The molecule has 3 N–H and O–H groups in total. The van der Waals surface area contributed by atoms with Crippen molar-refractivity contribution in [1.29, 1.82) is 0 Å². The van der Waals surface area contributed by atoms with E-state index in [1.54, 1.807) is 19.1 Å². The zero-order valence-electron chi connectivity index (χ0n) is 16.4. The smallest absolute Gasteiger partial charge is 0.269 e. The van der Waals surface area contributed by atoms with Crippen molar-refractivity contribution in [1.82, 2.24) is 15.5 Å². The van der Waals surface area contributed by atoms with Gasteiger partial charge < -0.3 is 20.5 Å². The molecule has 1 aliphatic rings. The van der Waals surface area contributed by atoms with Gasteiger partial charge in [-0.05, 0) is 19.4 Å². The van der Waals surface area contributed by atoms with Gasteiger partial charge in [-0.15, -0.1) is 24.0 Å². The van der Waals surface area contributed by atoms with E-state index in [0.29, 0.717) is 45.4 Å². The van der Waals surface area contributed by atoms with Crippen molar-refractivity contribution in [2.45, 2.75) is 26.0 Å². The first-order chi connectivity index (χ1) is 12.9. The number of halogens is 1. The second kappa shape index (κ2) is 12.1. The molecule has 1 saturated heterocycles. The van der Waals surface area contributed by atoms with Gasteiger partial charge in [0.2, 0.25) is 0 Å². The summed E-state index contributed by atoms with van der Waals surface area (Å²) in [6, 6.07) is 6.33. The van der Waals surface area contributed by atoms with Gasteiger partial charge in [-0.25, -0.2) is 4.99 Å². The molecule has 0 spiro atoms. The molecule has 1 aromatic carbocycles. The summed E-state index contributed by atoms with van der Waals surface area (Å²) in [7, 11) is 0. The summed E-state index contributed by atoms with van der Waals surface area (Å²) in [5, 5.41) is 27.7. The quantitative estimate of drug-likeness (QED) is 0.160. The number of hydrogen-bond donors (Lipinski definition) is 3. The molecule has 28 heavy (non-hydrogen) atoms. The minimum Gasteiger partial charge on any atom is -0.387 e. The Morgan fingerprint density at radius 1 is 1.32 bits per heavy atom. The number of nitrogens with zero attached hydrogens (tertiary/aromatic N) is 3. The van der Waals surface area contributed by atoms with E-state index in [0.717, 1.165) is 18.7 Å². The van der Waals surface area contributed by atoms with Crippen LogP contribution in [0.25, 0.3) is 0 Å². The van der Waals surface area contributed by atoms with Crippen molar-refractivity contribution in [2.75, 3.05) is 45.9 Å². The lowest BCUT2D eigenvalue weighted by atomic mass is 10.1. The molecular formula is C18H30IN5O4. The number of rotatable bonds is 8. The van der Waals surface area contributed by atoms with E-state index < -0.39 is 10.5 Å². The number of aliphatic hydroxyl groups is 1. The molecular weight excluding hydrogens is 477 g/mol. The number of benzene rings is 1. The predicted molar refractivity (Wildman–Crippen MR) is 119 cm³/mol. The number of morpholine rings is 1. The van der Waals surface area contributed by atoms with E-state index in [-0.39, 0.29) is 29.7 Å². The molecule has 1 heterocycles. The van der Waals surface area contributed by atoms with Crippen LogP contribution in [-0.4, -0.2) is 72.4 Å². The first-order valence-corrected chi connectivity index (χ1v) is 9.17. The summed E-state index contributed by atoms with van der Waals surface area (Å²) < 4.78 is 5.33. The molecule has 2 rings (SSSR count). The molecule has 1 fully saturated rings. The number of nitro benzene ring substituents is 1. The zero-order valence-corrected chi connectivity index (χ0v) is 18.7. The average Bonchev–Trinajstić information content (AvgIpc) is 2.65. The molecule has 0 aliphatic carbocycles. The molecule has 0 aromatic heterocycles. The number of β-amino-alcohol motifs (C(OH)–C–C–N with tert-alkyl or cyclic N) is 1. The first kappa shape index (κ1) is 24.5. The lowest BCUT2D eigenvalue weighted by Gasteiger charge is -2.34. The van der Waals surface area contributed by atoms with Crippen molar-refractivity contribution in [3.05, 3.63) is 39.9 Å². The number of aliphatic imine (C=N–C) groups is 1. The maximum absolute atomic E-state index is 10.7. The Balaban J connectivity index is 0.00000392. The molecule has 158 valence electrons. The Labute approximate surface area is 182 Å². The highest BCUT2D eigenvalue weighted by Crippen LogP contribution is 2.12. The second-order valence-electron chi connectivity index (χ2n) is 6.86. The van der Waals surface area contributed by atoms with Crippen molar-refractivity contribution >= 4 is 35.6 Å². The lowest BCUT2D eigenvalue weighted by molar-refractivity contribution is -0.384. The van der Waals surface area contributed by atoms with Crippen molar-refractivity contribution in [2.24, 2.45) is 4.99 Å². The van der Waals surface area contributed by atoms with Crippen molar-refractivity contribution in [3.63, 3.8) is 0 Å². The van der Waals surface area contributed by atoms with E-state index in [1.165, 1.54) is 12.1 Å². The van der Waals surface area contributed by atoms with Gasteiger partial charge in [-0.2, -0.15) is 0 Å². The Morgan fingerprint density at radius 2 is 1.96 bits per heavy atom. The Morgan fingerprint density at radius 3 is 2.54 bits per heavy atom. The van der Waals surface area contributed by atoms with Crippen LogP contribution in [0.5, 0.6) is 0 Å². The number of nitrogens with one attached hydrogen (secondary N) is 2. The van der Waals surface area contributed by atoms with Crippen LogP contribution in [0.4, 0.5) is 5.69 Å². The van der Waals surface area contributed by atoms with E-state index in [9.17, 15) is 15.2 Å². The van der Waals surface area contributed by atoms with Crippen LogP contribution in [0.3, 0.4) is 0 Å². The van der Waals surface area contributed by atoms with Gasteiger partial charge in [0.15, 0.2) is 5.96 Å². The lowest BCUT2D eigenvalue weighted by Crippen LogP contribution is -2.52. The highest BCUT2D eigenvalue weighted by atomic mass is 127. The topological polar surface area (TPSA) is 112 Å². The third-order valence-electron chi connectivity index (χ3n) is 4.22. The molecule has 1 aliphatic heterocycles. The summed E-state index contributed by atoms with van der Waals surface area (Å²) in [5.41, 5.74) is 0.0331. The minimum absolute atomic E-state index is 0. The van der Waals surface area contributed by atoms with Crippen molar-refractivity contribution in [3.8, 4) is 0 Å². The fourth-order valence-corrected chi connectivity index (χ4v) is 2.81. The number of hydrogen-bond acceptors (Lipinski definition) is 6. The maximum atomic E-state index is 10.7. The highest BCUT2D eigenvalue weighted by molar-refractivity contribution is 14.0. The number of non-ortho nitro benzene ring substituents is 1. The highest BCUT2D eigenvalue weighted by Gasteiger charge is 2.25. The van der Waals surface area contributed by atoms with Crippen LogP contribution < -0.4 is 10.6 Å². The van der Waals surface area contributed by atoms with Crippen LogP contribution in [0.1, 0.15) is 19.4 Å².